The average Bonchev–Trinajstić information content (AvgIpc) is 2.51. The van der Waals surface area contributed by atoms with Crippen LogP contribution in [0.15, 0.2) is 24.5 Å². The molecule has 1 aromatic heterocycles. The van der Waals surface area contributed by atoms with E-state index in [0.29, 0.717) is 18.6 Å². The number of hydrogen-bond acceptors (Lipinski definition) is 2. The predicted molar refractivity (Wildman–Crippen MR) is 48.7 cm³/mol. The molecule has 0 spiro atoms. The molecular formula is C9H10FN3. The van der Waals surface area contributed by atoms with Crippen LogP contribution < -0.4 is 5.73 Å². The number of benzene rings is 1. The van der Waals surface area contributed by atoms with Crippen LogP contribution >= 0.6 is 0 Å². The summed E-state index contributed by atoms with van der Waals surface area (Å²) >= 11 is 0. The van der Waals surface area contributed by atoms with E-state index in [0.717, 1.165) is 5.52 Å². The molecule has 1 aromatic carbocycles. The molecule has 2 rings (SSSR count). The van der Waals surface area contributed by atoms with Crippen LogP contribution in [0.2, 0.25) is 0 Å². The highest BCUT2D eigenvalue weighted by molar-refractivity contribution is 5.75. The fourth-order valence-corrected chi connectivity index (χ4v) is 1.37. The third kappa shape index (κ3) is 1.29. The van der Waals surface area contributed by atoms with Crippen LogP contribution in [0.3, 0.4) is 0 Å². The van der Waals surface area contributed by atoms with E-state index in [9.17, 15) is 4.39 Å². The first kappa shape index (κ1) is 8.19. The number of aromatic nitrogens is 2. The topological polar surface area (TPSA) is 43.8 Å². The molecule has 3 nitrogen and oxygen atoms in total. The molecule has 0 saturated heterocycles. The Labute approximate surface area is 75.0 Å². The third-order valence-electron chi connectivity index (χ3n) is 1.97. The first-order valence-electron chi connectivity index (χ1n) is 4.12. The van der Waals surface area contributed by atoms with Crippen LogP contribution in [0.4, 0.5) is 4.39 Å². The van der Waals surface area contributed by atoms with Crippen molar-refractivity contribution >= 4 is 11.0 Å². The van der Waals surface area contributed by atoms with Gasteiger partial charge in [-0.25, -0.2) is 9.37 Å². The van der Waals surface area contributed by atoms with E-state index in [-0.39, 0.29) is 5.82 Å². The van der Waals surface area contributed by atoms with E-state index in [4.69, 9.17) is 5.73 Å². The molecule has 2 aromatic rings. The zero-order valence-electron chi connectivity index (χ0n) is 7.07. The van der Waals surface area contributed by atoms with Gasteiger partial charge in [-0.15, -0.1) is 0 Å². The second-order valence-corrected chi connectivity index (χ2v) is 2.83. The van der Waals surface area contributed by atoms with Crippen molar-refractivity contribution in [1.82, 2.24) is 9.55 Å². The number of halogens is 1. The Hall–Kier alpha value is -1.42. The second-order valence-electron chi connectivity index (χ2n) is 2.83. The number of hydrogen-bond donors (Lipinski definition) is 1. The normalized spacial score (nSPS) is 10.9. The van der Waals surface area contributed by atoms with Crippen molar-refractivity contribution in [2.45, 2.75) is 6.54 Å². The molecule has 0 fully saturated rings. The number of nitrogens with zero attached hydrogens (tertiary/aromatic N) is 2. The maximum atomic E-state index is 13.1. The molecule has 0 amide bonds. The number of para-hydroxylation sites is 1. The van der Waals surface area contributed by atoms with Gasteiger partial charge in [0.25, 0.3) is 0 Å². The number of fused-ring (bicyclic) bond motifs is 1. The summed E-state index contributed by atoms with van der Waals surface area (Å²) in [4.78, 5) is 3.97. The van der Waals surface area contributed by atoms with E-state index < -0.39 is 0 Å². The zero-order valence-corrected chi connectivity index (χ0v) is 7.07. The van der Waals surface area contributed by atoms with Gasteiger partial charge in [0.15, 0.2) is 5.82 Å². The average molecular weight is 179 g/mol. The fourth-order valence-electron chi connectivity index (χ4n) is 1.37. The molecule has 1 heterocycles. The molecule has 0 bridgehead atoms. The van der Waals surface area contributed by atoms with Crippen molar-refractivity contribution in [1.29, 1.82) is 0 Å². The summed E-state index contributed by atoms with van der Waals surface area (Å²) in [5.74, 6) is -0.284. The highest BCUT2D eigenvalue weighted by Crippen LogP contribution is 2.15. The van der Waals surface area contributed by atoms with Crippen LogP contribution in [0.25, 0.3) is 11.0 Å². The van der Waals surface area contributed by atoms with Gasteiger partial charge in [0, 0.05) is 13.1 Å². The Bertz CT molecular complexity index is 422. The van der Waals surface area contributed by atoms with Gasteiger partial charge in [0.1, 0.15) is 5.52 Å². The maximum Gasteiger partial charge on any atom is 0.151 e. The standard InChI is InChI=1S/C9H10FN3/c10-7-2-1-3-8-9(7)12-6-13(8)5-4-11/h1-3,6H,4-5,11H2. The van der Waals surface area contributed by atoms with Gasteiger partial charge in [0.2, 0.25) is 0 Å². The molecule has 68 valence electrons. The van der Waals surface area contributed by atoms with Gasteiger partial charge in [-0.05, 0) is 12.1 Å². The van der Waals surface area contributed by atoms with Crippen molar-refractivity contribution in [2.24, 2.45) is 5.73 Å². The molecule has 0 radical (unpaired) electrons. The van der Waals surface area contributed by atoms with Crippen molar-refractivity contribution in [3.05, 3.63) is 30.3 Å². The lowest BCUT2D eigenvalue weighted by atomic mass is 10.3. The third-order valence-corrected chi connectivity index (χ3v) is 1.97. The summed E-state index contributed by atoms with van der Waals surface area (Å²) in [5, 5.41) is 0. The number of imidazole rings is 1. The van der Waals surface area contributed by atoms with E-state index >= 15 is 0 Å². The van der Waals surface area contributed by atoms with Crippen molar-refractivity contribution in [3.8, 4) is 0 Å². The first-order valence-corrected chi connectivity index (χ1v) is 4.12. The highest BCUT2D eigenvalue weighted by atomic mass is 19.1. The lowest BCUT2D eigenvalue weighted by molar-refractivity contribution is 0.637. The van der Waals surface area contributed by atoms with Gasteiger partial charge in [0.05, 0.1) is 11.8 Å². The molecule has 0 aliphatic carbocycles. The van der Waals surface area contributed by atoms with Crippen molar-refractivity contribution in [3.63, 3.8) is 0 Å². The summed E-state index contributed by atoms with van der Waals surface area (Å²) in [6.07, 6.45) is 1.61. The molecule has 4 heteroatoms. The van der Waals surface area contributed by atoms with Crippen LogP contribution in [0.5, 0.6) is 0 Å². The summed E-state index contributed by atoms with van der Waals surface area (Å²) in [5.41, 5.74) is 6.62. The lowest BCUT2D eigenvalue weighted by Gasteiger charge is -2.00. The van der Waals surface area contributed by atoms with Crippen LogP contribution in [-0.2, 0) is 6.54 Å². The smallest absolute Gasteiger partial charge is 0.151 e. The van der Waals surface area contributed by atoms with E-state index in [1.165, 1.54) is 6.07 Å². The summed E-state index contributed by atoms with van der Waals surface area (Å²) < 4.78 is 15.0. The Balaban J connectivity index is 2.61. The summed E-state index contributed by atoms with van der Waals surface area (Å²) in [6.45, 7) is 1.20. The first-order chi connectivity index (χ1) is 6.33. The zero-order chi connectivity index (χ0) is 9.26. The Kier molecular flexibility index (Phi) is 1.98. The Morgan fingerprint density at radius 2 is 2.31 bits per heavy atom. The van der Waals surface area contributed by atoms with Crippen LogP contribution in [0.1, 0.15) is 0 Å². The Morgan fingerprint density at radius 3 is 3.08 bits per heavy atom. The minimum atomic E-state index is -0.284. The number of rotatable bonds is 2. The molecule has 0 unspecified atom stereocenters. The van der Waals surface area contributed by atoms with E-state index in [1.54, 1.807) is 12.4 Å². The largest absolute Gasteiger partial charge is 0.329 e. The number of nitrogens with two attached hydrogens (primary N) is 1. The van der Waals surface area contributed by atoms with Gasteiger partial charge >= 0.3 is 0 Å². The molecular weight excluding hydrogens is 169 g/mol. The minimum absolute atomic E-state index is 0.284. The summed E-state index contributed by atoms with van der Waals surface area (Å²) in [6, 6.07) is 4.91. The highest BCUT2D eigenvalue weighted by Gasteiger charge is 2.04. The van der Waals surface area contributed by atoms with Crippen molar-refractivity contribution < 1.29 is 4.39 Å². The fraction of sp³-hybridized carbons (Fsp3) is 0.222. The van der Waals surface area contributed by atoms with E-state index in [1.807, 2.05) is 10.6 Å². The molecule has 0 atom stereocenters. The molecule has 0 saturated carbocycles. The lowest BCUT2D eigenvalue weighted by Crippen LogP contribution is -2.08. The SMILES string of the molecule is NCCn1cnc2c(F)cccc21. The Morgan fingerprint density at radius 1 is 1.46 bits per heavy atom. The molecule has 2 N–H and O–H groups in total. The minimum Gasteiger partial charge on any atom is -0.329 e. The molecule has 0 aliphatic heterocycles. The summed E-state index contributed by atoms with van der Waals surface area (Å²) in [7, 11) is 0. The van der Waals surface area contributed by atoms with E-state index in [2.05, 4.69) is 4.98 Å². The van der Waals surface area contributed by atoms with Crippen LogP contribution in [-0.4, -0.2) is 16.1 Å². The van der Waals surface area contributed by atoms with Gasteiger partial charge in [-0.3, -0.25) is 0 Å². The molecule has 0 aliphatic rings. The predicted octanol–water partition coefficient (Wildman–Crippen LogP) is 1.13. The van der Waals surface area contributed by atoms with Crippen molar-refractivity contribution in [2.75, 3.05) is 6.54 Å². The van der Waals surface area contributed by atoms with Crippen LogP contribution in [0, 0.1) is 5.82 Å². The monoisotopic (exact) mass is 179 g/mol. The quantitative estimate of drug-likeness (QED) is 0.751. The second kappa shape index (κ2) is 3.14. The van der Waals surface area contributed by atoms with Gasteiger partial charge in [-0.1, -0.05) is 6.07 Å². The molecule has 13 heavy (non-hydrogen) atoms. The van der Waals surface area contributed by atoms with Gasteiger partial charge in [-0.2, -0.15) is 0 Å². The van der Waals surface area contributed by atoms with Gasteiger partial charge < -0.3 is 10.3 Å². The maximum absolute atomic E-state index is 13.1.